The van der Waals surface area contributed by atoms with Crippen molar-refractivity contribution in [1.29, 1.82) is 0 Å². The summed E-state index contributed by atoms with van der Waals surface area (Å²) in [5.74, 6) is 0.978. The van der Waals surface area contributed by atoms with Crippen molar-refractivity contribution in [1.82, 2.24) is 0 Å². The highest BCUT2D eigenvalue weighted by Crippen LogP contribution is 2.36. The average Bonchev–Trinajstić information content (AvgIpc) is 2.89. The number of esters is 2. The van der Waals surface area contributed by atoms with Crippen LogP contribution in [0.1, 0.15) is 104 Å². The van der Waals surface area contributed by atoms with Crippen LogP contribution in [0.2, 0.25) is 0 Å². The first-order valence-corrected chi connectivity index (χ1v) is 14.7. The lowest BCUT2D eigenvalue weighted by molar-refractivity contribution is -0.154. The molecule has 0 amide bonds. The monoisotopic (exact) mass is 554 g/mol. The molecule has 40 heavy (non-hydrogen) atoms. The molecule has 2 aromatic rings. The molecule has 0 radical (unpaired) electrons. The summed E-state index contributed by atoms with van der Waals surface area (Å²) in [6.07, 6.45) is 8.08. The standard InChI is InChI=1S/C34H50O6/c1-8-9-10-11-12-13-22-37-28-18-20-29(21-19-28)40-31(35)26-14-16-27(17-15-26)38-23-24-39-32(36)30(34(5,6)7)25-33(2,3)4/h14-21,30H,8-13,22-25H2,1-7H3. The van der Waals surface area contributed by atoms with E-state index in [1.807, 2.05) is 12.1 Å². The lowest BCUT2D eigenvalue weighted by Crippen LogP contribution is -2.34. The molecule has 0 saturated carbocycles. The van der Waals surface area contributed by atoms with Gasteiger partial charge in [0.1, 0.15) is 30.5 Å². The van der Waals surface area contributed by atoms with Crippen molar-refractivity contribution < 1.29 is 28.5 Å². The third-order valence-electron chi connectivity index (χ3n) is 6.63. The van der Waals surface area contributed by atoms with Crippen molar-refractivity contribution in [2.45, 2.75) is 93.4 Å². The van der Waals surface area contributed by atoms with Crippen molar-refractivity contribution in [3.63, 3.8) is 0 Å². The van der Waals surface area contributed by atoms with Crippen LogP contribution >= 0.6 is 0 Å². The number of unbranched alkanes of at least 4 members (excludes halogenated alkanes) is 5. The first-order chi connectivity index (χ1) is 18.9. The van der Waals surface area contributed by atoms with E-state index in [2.05, 4.69) is 48.5 Å². The lowest BCUT2D eigenvalue weighted by Gasteiger charge is -2.33. The predicted molar refractivity (Wildman–Crippen MR) is 160 cm³/mol. The summed E-state index contributed by atoms with van der Waals surface area (Å²) in [6, 6.07) is 13.8. The van der Waals surface area contributed by atoms with Crippen LogP contribution in [-0.4, -0.2) is 31.8 Å². The van der Waals surface area contributed by atoms with Crippen molar-refractivity contribution in [2.24, 2.45) is 16.7 Å². The Morgan fingerprint density at radius 3 is 1.77 bits per heavy atom. The molecule has 0 N–H and O–H groups in total. The van der Waals surface area contributed by atoms with Gasteiger partial charge in [0.05, 0.1) is 18.1 Å². The summed E-state index contributed by atoms with van der Waals surface area (Å²) >= 11 is 0. The van der Waals surface area contributed by atoms with E-state index >= 15 is 0 Å². The molecule has 0 saturated heterocycles. The minimum absolute atomic E-state index is 0.0289. The van der Waals surface area contributed by atoms with Gasteiger partial charge in [-0.3, -0.25) is 4.79 Å². The molecular weight excluding hydrogens is 504 g/mol. The minimum Gasteiger partial charge on any atom is -0.494 e. The molecule has 6 heteroatoms. The molecule has 222 valence electrons. The number of hydrogen-bond donors (Lipinski definition) is 0. The number of benzene rings is 2. The van der Waals surface area contributed by atoms with Crippen molar-refractivity contribution in [3.8, 4) is 17.2 Å². The normalized spacial score (nSPS) is 12.5. The highest BCUT2D eigenvalue weighted by Gasteiger charge is 2.35. The zero-order chi connectivity index (χ0) is 29.6. The Bertz CT molecular complexity index is 1010. The first-order valence-electron chi connectivity index (χ1n) is 14.7. The Hall–Kier alpha value is -3.02. The third-order valence-corrected chi connectivity index (χ3v) is 6.63. The van der Waals surface area contributed by atoms with Crippen molar-refractivity contribution >= 4 is 11.9 Å². The van der Waals surface area contributed by atoms with Gasteiger partial charge in [-0.15, -0.1) is 0 Å². The van der Waals surface area contributed by atoms with Crippen molar-refractivity contribution in [2.75, 3.05) is 19.8 Å². The van der Waals surface area contributed by atoms with E-state index in [1.54, 1.807) is 36.4 Å². The van der Waals surface area contributed by atoms with E-state index in [-0.39, 0.29) is 35.9 Å². The van der Waals surface area contributed by atoms with Crippen LogP contribution in [-0.2, 0) is 9.53 Å². The summed E-state index contributed by atoms with van der Waals surface area (Å²) in [5.41, 5.74) is 0.261. The second kappa shape index (κ2) is 16.3. The number of rotatable bonds is 16. The van der Waals surface area contributed by atoms with Gasteiger partial charge in [-0.05, 0) is 72.2 Å². The van der Waals surface area contributed by atoms with E-state index in [0.29, 0.717) is 23.7 Å². The fraction of sp³-hybridized carbons (Fsp3) is 0.588. The Kier molecular flexibility index (Phi) is 13.5. The molecular formula is C34H50O6. The van der Waals surface area contributed by atoms with Gasteiger partial charge in [0.25, 0.3) is 0 Å². The fourth-order valence-electron chi connectivity index (χ4n) is 4.29. The zero-order valence-corrected chi connectivity index (χ0v) is 25.7. The van der Waals surface area contributed by atoms with Crippen LogP contribution < -0.4 is 14.2 Å². The summed E-state index contributed by atoms with van der Waals surface area (Å²) < 4.78 is 22.5. The number of carbonyl (C=O) groups excluding carboxylic acids is 2. The molecule has 0 bridgehead atoms. The quantitative estimate of drug-likeness (QED) is 0.117. The van der Waals surface area contributed by atoms with Gasteiger partial charge in [0.15, 0.2) is 0 Å². The molecule has 0 spiro atoms. The Labute approximate surface area is 241 Å². The Morgan fingerprint density at radius 2 is 1.20 bits per heavy atom. The summed E-state index contributed by atoms with van der Waals surface area (Å²) in [4.78, 5) is 25.3. The second-order valence-electron chi connectivity index (χ2n) is 12.7. The first kappa shape index (κ1) is 33.2. The maximum Gasteiger partial charge on any atom is 0.343 e. The van der Waals surface area contributed by atoms with Gasteiger partial charge in [-0.2, -0.15) is 0 Å². The molecule has 0 aliphatic heterocycles. The van der Waals surface area contributed by atoms with Crippen LogP contribution in [0.25, 0.3) is 0 Å². The van der Waals surface area contributed by atoms with Gasteiger partial charge >= 0.3 is 11.9 Å². The molecule has 0 heterocycles. The topological polar surface area (TPSA) is 71.1 Å². The minimum atomic E-state index is -0.451. The van der Waals surface area contributed by atoms with Gasteiger partial charge in [0.2, 0.25) is 0 Å². The van der Waals surface area contributed by atoms with Crippen molar-refractivity contribution in [3.05, 3.63) is 54.1 Å². The van der Waals surface area contributed by atoms with Crippen LogP contribution in [0.15, 0.2) is 48.5 Å². The summed E-state index contributed by atoms with van der Waals surface area (Å²) in [6.45, 7) is 15.9. The molecule has 0 aliphatic carbocycles. The Morgan fingerprint density at radius 1 is 0.675 bits per heavy atom. The molecule has 6 nitrogen and oxygen atoms in total. The number of hydrogen-bond acceptors (Lipinski definition) is 6. The van der Waals surface area contributed by atoms with E-state index in [9.17, 15) is 9.59 Å². The lowest BCUT2D eigenvalue weighted by atomic mass is 9.72. The fourth-order valence-corrected chi connectivity index (χ4v) is 4.29. The average molecular weight is 555 g/mol. The molecule has 0 fully saturated rings. The molecule has 2 rings (SSSR count). The van der Waals surface area contributed by atoms with E-state index in [1.165, 1.54) is 32.1 Å². The van der Waals surface area contributed by atoms with Crippen LogP contribution in [0.5, 0.6) is 17.2 Å². The number of ether oxygens (including phenoxy) is 4. The molecule has 1 unspecified atom stereocenters. The van der Waals surface area contributed by atoms with Crippen LogP contribution in [0.4, 0.5) is 0 Å². The highest BCUT2D eigenvalue weighted by molar-refractivity contribution is 5.91. The van der Waals surface area contributed by atoms with Gasteiger partial charge in [-0.1, -0.05) is 80.6 Å². The molecule has 0 aliphatic rings. The van der Waals surface area contributed by atoms with Crippen LogP contribution in [0.3, 0.4) is 0 Å². The SMILES string of the molecule is CCCCCCCCOc1ccc(OC(=O)c2ccc(OCCOC(=O)C(CC(C)(C)C)C(C)(C)C)cc2)cc1. The Balaban J connectivity index is 1.73. The number of carbonyl (C=O) groups is 2. The molecule has 2 aromatic carbocycles. The highest BCUT2D eigenvalue weighted by atomic mass is 16.6. The van der Waals surface area contributed by atoms with Gasteiger partial charge in [0, 0.05) is 0 Å². The van der Waals surface area contributed by atoms with E-state index in [4.69, 9.17) is 18.9 Å². The summed E-state index contributed by atoms with van der Waals surface area (Å²) in [5, 5.41) is 0. The maximum atomic E-state index is 12.7. The van der Waals surface area contributed by atoms with E-state index in [0.717, 1.165) is 18.6 Å². The van der Waals surface area contributed by atoms with Crippen LogP contribution in [0, 0.1) is 16.7 Å². The predicted octanol–water partition coefficient (Wildman–Crippen LogP) is 8.67. The van der Waals surface area contributed by atoms with E-state index < -0.39 is 5.97 Å². The third kappa shape index (κ3) is 12.9. The smallest absolute Gasteiger partial charge is 0.343 e. The molecule has 1 atom stereocenters. The maximum absolute atomic E-state index is 12.7. The summed E-state index contributed by atoms with van der Waals surface area (Å²) in [7, 11) is 0. The second-order valence-corrected chi connectivity index (χ2v) is 12.7. The van der Waals surface area contributed by atoms with Gasteiger partial charge in [-0.25, -0.2) is 4.79 Å². The zero-order valence-electron chi connectivity index (χ0n) is 25.7. The largest absolute Gasteiger partial charge is 0.494 e. The molecule has 0 aromatic heterocycles. The van der Waals surface area contributed by atoms with Gasteiger partial charge < -0.3 is 18.9 Å².